The maximum absolute atomic E-state index is 11.4. The number of nitrogens with one attached hydrogen (secondary N) is 1. The van der Waals surface area contributed by atoms with Crippen LogP contribution >= 0.6 is 0 Å². The molecule has 4 heteroatoms. The van der Waals surface area contributed by atoms with E-state index in [9.17, 15) is 4.79 Å². The lowest BCUT2D eigenvalue weighted by molar-refractivity contribution is -0.132. The first-order valence-corrected chi connectivity index (χ1v) is 6.72. The number of likely N-dealkylation sites (N-methyl/N-ethyl adjacent to an activating group) is 1. The van der Waals surface area contributed by atoms with Crippen LogP contribution in [-0.4, -0.2) is 49.7 Å². The highest BCUT2D eigenvalue weighted by atomic mass is 16.5. The van der Waals surface area contributed by atoms with Gasteiger partial charge in [0.15, 0.2) is 0 Å². The quantitative estimate of drug-likeness (QED) is 0.804. The molecule has 2 fully saturated rings. The van der Waals surface area contributed by atoms with Crippen LogP contribution in [0.1, 0.15) is 38.5 Å². The second kappa shape index (κ2) is 5.83. The van der Waals surface area contributed by atoms with Gasteiger partial charge in [-0.15, -0.1) is 0 Å². The summed E-state index contributed by atoms with van der Waals surface area (Å²) in [5.74, 6) is 0.279. The van der Waals surface area contributed by atoms with E-state index in [4.69, 9.17) is 4.74 Å². The molecule has 0 bridgehead atoms. The van der Waals surface area contributed by atoms with E-state index in [2.05, 4.69) is 5.32 Å². The van der Waals surface area contributed by atoms with Gasteiger partial charge in [0.1, 0.15) is 0 Å². The van der Waals surface area contributed by atoms with Crippen LogP contribution in [0.15, 0.2) is 0 Å². The maximum atomic E-state index is 11.4. The molecule has 1 N–H and O–H groups in total. The van der Waals surface area contributed by atoms with Crippen LogP contribution in [0, 0.1) is 0 Å². The van der Waals surface area contributed by atoms with Gasteiger partial charge in [-0.2, -0.15) is 0 Å². The number of nitrogens with zero attached hydrogens (tertiary/aromatic N) is 1. The van der Waals surface area contributed by atoms with E-state index in [1.807, 2.05) is 11.9 Å². The highest BCUT2D eigenvalue weighted by molar-refractivity contribution is 5.76. The number of ether oxygens (including phenoxy) is 1. The van der Waals surface area contributed by atoms with Gasteiger partial charge in [-0.1, -0.05) is 0 Å². The number of hydrogen-bond acceptors (Lipinski definition) is 3. The summed E-state index contributed by atoms with van der Waals surface area (Å²) in [4.78, 5) is 13.3. The number of piperidine rings is 1. The third-order valence-corrected chi connectivity index (χ3v) is 4.06. The Kier molecular flexibility index (Phi) is 4.40. The molecule has 2 aliphatic rings. The average Bonchev–Trinajstić information content (AvgIpc) is 2.34. The first-order chi connectivity index (χ1) is 8.19. The fraction of sp³-hybridized carbons (Fsp3) is 0.923. The van der Waals surface area contributed by atoms with Crippen molar-refractivity contribution in [2.24, 2.45) is 0 Å². The van der Waals surface area contributed by atoms with E-state index >= 15 is 0 Å². The summed E-state index contributed by atoms with van der Waals surface area (Å²) >= 11 is 0. The summed E-state index contributed by atoms with van der Waals surface area (Å²) in [7, 11) is 3.70. The number of amides is 1. The molecule has 1 aliphatic heterocycles. The predicted molar refractivity (Wildman–Crippen MR) is 66.8 cm³/mol. The number of hydrogen-bond donors (Lipinski definition) is 1. The van der Waals surface area contributed by atoms with Gasteiger partial charge in [0.05, 0.1) is 6.10 Å². The Balaban J connectivity index is 1.78. The van der Waals surface area contributed by atoms with E-state index in [1.54, 1.807) is 7.11 Å². The summed E-state index contributed by atoms with van der Waals surface area (Å²) in [6.45, 7) is 0.854. The van der Waals surface area contributed by atoms with Gasteiger partial charge in [0.25, 0.3) is 0 Å². The second-order valence-corrected chi connectivity index (χ2v) is 5.40. The lowest BCUT2D eigenvalue weighted by Crippen LogP contribution is -2.51. The monoisotopic (exact) mass is 240 g/mol. The summed E-state index contributed by atoms with van der Waals surface area (Å²) in [5, 5.41) is 3.70. The van der Waals surface area contributed by atoms with Crippen molar-refractivity contribution in [2.45, 2.75) is 56.7 Å². The zero-order valence-electron chi connectivity index (χ0n) is 10.9. The third kappa shape index (κ3) is 3.42. The maximum Gasteiger partial charge on any atom is 0.222 e. The van der Waals surface area contributed by atoms with E-state index in [0.717, 1.165) is 19.4 Å². The Morgan fingerprint density at radius 2 is 2.12 bits per heavy atom. The SMILES string of the molecule is COC1CCCC(NC2CCC(=O)N(C)C2)C1. The highest BCUT2D eigenvalue weighted by Crippen LogP contribution is 2.22. The molecular weight excluding hydrogens is 216 g/mol. The van der Waals surface area contributed by atoms with Gasteiger partial charge in [0.2, 0.25) is 5.91 Å². The fourth-order valence-corrected chi connectivity index (χ4v) is 2.99. The minimum atomic E-state index is 0.279. The molecule has 3 unspecified atom stereocenters. The Bertz CT molecular complexity index is 270. The van der Waals surface area contributed by atoms with Crippen LogP contribution in [-0.2, 0) is 9.53 Å². The number of methoxy groups -OCH3 is 1. The molecule has 4 nitrogen and oxygen atoms in total. The lowest BCUT2D eigenvalue weighted by Gasteiger charge is -2.36. The molecule has 1 aliphatic carbocycles. The molecule has 1 amide bonds. The molecule has 0 aromatic rings. The van der Waals surface area contributed by atoms with Crippen LogP contribution in [0.25, 0.3) is 0 Å². The largest absolute Gasteiger partial charge is 0.381 e. The van der Waals surface area contributed by atoms with Crippen LogP contribution < -0.4 is 5.32 Å². The van der Waals surface area contributed by atoms with Crippen LogP contribution in [0.3, 0.4) is 0 Å². The topological polar surface area (TPSA) is 41.6 Å². The van der Waals surface area contributed by atoms with Crippen molar-refractivity contribution in [3.05, 3.63) is 0 Å². The Morgan fingerprint density at radius 1 is 1.29 bits per heavy atom. The average molecular weight is 240 g/mol. The molecule has 0 aromatic carbocycles. The summed E-state index contributed by atoms with van der Waals surface area (Å²) < 4.78 is 5.44. The summed E-state index contributed by atoms with van der Waals surface area (Å²) in [6, 6.07) is 1.04. The van der Waals surface area contributed by atoms with Crippen molar-refractivity contribution >= 4 is 5.91 Å². The summed E-state index contributed by atoms with van der Waals surface area (Å²) in [5.41, 5.74) is 0. The van der Waals surface area contributed by atoms with Gasteiger partial charge in [-0.3, -0.25) is 4.79 Å². The van der Waals surface area contributed by atoms with Crippen LogP contribution in [0.5, 0.6) is 0 Å². The second-order valence-electron chi connectivity index (χ2n) is 5.40. The van der Waals surface area contributed by atoms with E-state index in [1.165, 1.54) is 19.3 Å². The molecule has 3 atom stereocenters. The van der Waals surface area contributed by atoms with Crippen LogP contribution in [0.4, 0.5) is 0 Å². The van der Waals surface area contributed by atoms with Crippen molar-refractivity contribution in [1.82, 2.24) is 10.2 Å². The number of rotatable bonds is 3. The van der Waals surface area contributed by atoms with E-state index in [0.29, 0.717) is 24.6 Å². The first kappa shape index (κ1) is 12.8. The van der Waals surface area contributed by atoms with Crippen LogP contribution in [0.2, 0.25) is 0 Å². The molecule has 0 aromatic heterocycles. The molecule has 0 radical (unpaired) electrons. The van der Waals surface area contributed by atoms with Gasteiger partial charge >= 0.3 is 0 Å². The van der Waals surface area contributed by atoms with E-state index < -0.39 is 0 Å². The molecule has 1 heterocycles. The number of carbonyl (C=O) groups excluding carboxylic acids is 1. The zero-order valence-corrected chi connectivity index (χ0v) is 10.9. The van der Waals surface area contributed by atoms with Gasteiger partial charge in [-0.05, 0) is 32.1 Å². The zero-order chi connectivity index (χ0) is 12.3. The lowest BCUT2D eigenvalue weighted by atomic mass is 9.91. The van der Waals surface area contributed by atoms with Gasteiger partial charge in [0, 0.05) is 39.2 Å². The van der Waals surface area contributed by atoms with E-state index in [-0.39, 0.29) is 5.91 Å². The van der Waals surface area contributed by atoms with Crippen molar-refractivity contribution in [3.63, 3.8) is 0 Å². The molecule has 17 heavy (non-hydrogen) atoms. The molecule has 98 valence electrons. The number of carbonyl (C=O) groups is 1. The van der Waals surface area contributed by atoms with Crippen molar-refractivity contribution in [3.8, 4) is 0 Å². The van der Waals surface area contributed by atoms with Crippen molar-refractivity contribution < 1.29 is 9.53 Å². The van der Waals surface area contributed by atoms with Gasteiger partial charge in [-0.25, -0.2) is 0 Å². The standard InChI is InChI=1S/C13H24N2O2/c1-15-9-11(6-7-13(15)16)14-10-4-3-5-12(8-10)17-2/h10-12,14H,3-9H2,1-2H3. The Morgan fingerprint density at radius 3 is 2.82 bits per heavy atom. The third-order valence-electron chi connectivity index (χ3n) is 4.06. The van der Waals surface area contributed by atoms with Crippen molar-refractivity contribution in [1.29, 1.82) is 0 Å². The smallest absolute Gasteiger partial charge is 0.222 e. The predicted octanol–water partition coefficient (Wildman–Crippen LogP) is 1.15. The van der Waals surface area contributed by atoms with Crippen molar-refractivity contribution in [2.75, 3.05) is 20.7 Å². The normalized spacial score (nSPS) is 35.1. The first-order valence-electron chi connectivity index (χ1n) is 6.72. The minimum absolute atomic E-state index is 0.279. The molecular formula is C13H24N2O2. The molecule has 1 saturated carbocycles. The molecule has 2 rings (SSSR count). The molecule has 0 spiro atoms. The fourth-order valence-electron chi connectivity index (χ4n) is 2.99. The minimum Gasteiger partial charge on any atom is -0.381 e. The molecule has 1 saturated heterocycles. The Labute approximate surface area is 104 Å². The van der Waals surface area contributed by atoms with Gasteiger partial charge < -0.3 is 15.0 Å². The Hall–Kier alpha value is -0.610. The number of likely N-dealkylation sites (tertiary alicyclic amines) is 1. The highest BCUT2D eigenvalue weighted by Gasteiger charge is 2.27. The summed E-state index contributed by atoms with van der Waals surface area (Å²) in [6.07, 6.45) is 6.89.